The van der Waals surface area contributed by atoms with Crippen LogP contribution >= 0.6 is 0 Å². The van der Waals surface area contributed by atoms with Gasteiger partial charge in [-0.3, -0.25) is 14.5 Å². The van der Waals surface area contributed by atoms with Gasteiger partial charge in [-0.2, -0.15) is 5.10 Å². The molecule has 2 aromatic rings. The number of nitrogens with zero attached hydrogens (tertiary/aromatic N) is 5. The highest BCUT2D eigenvalue weighted by Gasteiger charge is 2.23. The van der Waals surface area contributed by atoms with Crippen molar-refractivity contribution in [3.05, 3.63) is 41.5 Å². The summed E-state index contributed by atoms with van der Waals surface area (Å²) in [4.78, 5) is 21.6. The fourth-order valence-corrected chi connectivity index (χ4v) is 3.51. The number of amides is 1. The van der Waals surface area contributed by atoms with Gasteiger partial charge in [0.05, 0.1) is 5.69 Å². The van der Waals surface area contributed by atoms with Gasteiger partial charge in [-0.15, -0.1) is 0 Å². The number of pyridine rings is 1. The number of carbonyl (C=O) groups excluding carboxylic acids is 1. The van der Waals surface area contributed by atoms with Crippen molar-refractivity contribution < 1.29 is 4.79 Å². The largest absolute Gasteiger partial charge is 0.370 e. The van der Waals surface area contributed by atoms with Gasteiger partial charge in [0.1, 0.15) is 5.69 Å². The molecule has 6 nitrogen and oxygen atoms in total. The molecule has 0 atom stereocenters. The summed E-state index contributed by atoms with van der Waals surface area (Å²) in [5, 5.41) is 4.51. The molecule has 0 saturated carbocycles. The predicted octanol–water partition coefficient (Wildman–Crippen LogP) is 2.67. The molecule has 1 aliphatic heterocycles. The Kier molecular flexibility index (Phi) is 5.59. The van der Waals surface area contributed by atoms with Crippen molar-refractivity contribution in [2.75, 3.05) is 31.1 Å². The Labute approximate surface area is 155 Å². The van der Waals surface area contributed by atoms with Crippen molar-refractivity contribution >= 4 is 11.6 Å². The van der Waals surface area contributed by atoms with E-state index in [9.17, 15) is 4.79 Å². The van der Waals surface area contributed by atoms with Gasteiger partial charge in [0.15, 0.2) is 0 Å². The Hall–Kier alpha value is -2.37. The number of hydrogen-bond acceptors (Lipinski definition) is 4. The van der Waals surface area contributed by atoms with E-state index >= 15 is 0 Å². The topological polar surface area (TPSA) is 54.3 Å². The maximum Gasteiger partial charge on any atom is 0.272 e. The summed E-state index contributed by atoms with van der Waals surface area (Å²) in [5.41, 5.74) is 3.89. The van der Waals surface area contributed by atoms with Crippen LogP contribution in [-0.4, -0.2) is 51.8 Å². The number of aromatic nitrogens is 3. The lowest BCUT2D eigenvalue weighted by Gasteiger charge is -2.23. The van der Waals surface area contributed by atoms with Crippen molar-refractivity contribution in [1.29, 1.82) is 0 Å². The van der Waals surface area contributed by atoms with Gasteiger partial charge in [-0.1, -0.05) is 13.8 Å². The summed E-state index contributed by atoms with van der Waals surface area (Å²) in [6.07, 6.45) is 3.71. The summed E-state index contributed by atoms with van der Waals surface area (Å²) < 4.78 is 1.73. The van der Waals surface area contributed by atoms with E-state index in [1.165, 1.54) is 5.69 Å². The van der Waals surface area contributed by atoms with Gasteiger partial charge < -0.3 is 9.80 Å². The number of carbonyl (C=O) groups is 1. The van der Waals surface area contributed by atoms with Gasteiger partial charge >= 0.3 is 0 Å². The summed E-state index contributed by atoms with van der Waals surface area (Å²) in [6.45, 7) is 9.65. The smallest absolute Gasteiger partial charge is 0.272 e. The molecule has 26 heavy (non-hydrogen) atoms. The fourth-order valence-electron chi connectivity index (χ4n) is 3.51. The van der Waals surface area contributed by atoms with Crippen molar-refractivity contribution in [1.82, 2.24) is 19.7 Å². The summed E-state index contributed by atoms with van der Waals surface area (Å²) in [5.74, 6) is 0.617. The van der Waals surface area contributed by atoms with E-state index < -0.39 is 0 Å². The second kappa shape index (κ2) is 7.89. The van der Waals surface area contributed by atoms with Crippen LogP contribution in [0.2, 0.25) is 0 Å². The van der Waals surface area contributed by atoms with Crippen molar-refractivity contribution in [2.24, 2.45) is 13.0 Å². The van der Waals surface area contributed by atoms with E-state index in [-0.39, 0.29) is 5.91 Å². The molecule has 6 heteroatoms. The zero-order valence-corrected chi connectivity index (χ0v) is 16.3. The molecular weight excluding hydrogens is 326 g/mol. The number of rotatable bonds is 4. The van der Waals surface area contributed by atoms with Gasteiger partial charge in [-0.25, -0.2) is 0 Å². The van der Waals surface area contributed by atoms with Gasteiger partial charge in [-0.05, 0) is 43.9 Å². The Balaban J connectivity index is 1.69. The molecule has 0 radical (unpaired) electrons. The van der Waals surface area contributed by atoms with E-state index in [1.54, 1.807) is 4.68 Å². The lowest BCUT2D eigenvalue weighted by molar-refractivity contribution is 0.0756. The molecule has 0 aromatic carbocycles. The van der Waals surface area contributed by atoms with E-state index in [0.717, 1.165) is 50.4 Å². The summed E-state index contributed by atoms with van der Waals surface area (Å²) in [7, 11) is 1.86. The Morgan fingerprint density at radius 1 is 1.19 bits per heavy atom. The minimum Gasteiger partial charge on any atom is -0.370 e. The molecule has 140 valence electrons. The number of hydrogen-bond donors (Lipinski definition) is 0. The maximum absolute atomic E-state index is 13.0. The van der Waals surface area contributed by atoms with Crippen LogP contribution in [0.4, 0.5) is 5.69 Å². The van der Waals surface area contributed by atoms with Crippen LogP contribution < -0.4 is 4.90 Å². The molecule has 0 unspecified atom stereocenters. The SMILES string of the molecule is Cc1cc(N2CCCN(C(=O)c3cc(CC(C)C)nn3C)CC2)ccn1. The van der Waals surface area contributed by atoms with Crippen LogP contribution in [0, 0.1) is 12.8 Å². The molecule has 1 fully saturated rings. The van der Waals surface area contributed by atoms with E-state index in [1.807, 2.05) is 37.2 Å². The third-order valence-corrected chi connectivity index (χ3v) is 4.80. The van der Waals surface area contributed by atoms with Gasteiger partial charge in [0.25, 0.3) is 5.91 Å². The van der Waals surface area contributed by atoms with Gasteiger partial charge in [0.2, 0.25) is 0 Å². The fraction of sp³-hybridized carbons (Fsp3) is 0.550. The van der Waals surface area contributed by atoms with Crippen LogP contribution in [0.1, 0.15) is 42.1 Å². The molecule has 3 heterocycles. The van der Waals surface area contributed by atoms with Gasteiger partial charge in [0, 0.05) is 50.8 Å². The number of anilines is 1. The van der Waals surface area contributed by atoms with Crippen molar-refractivity contribution in [3.8, 4) is 0 Å². The lowest BCUT2D eigenvalue weighted by atomic mass is 10.1. The second-order valence-electron chi connectivity index (χ2n) is 7.53. The van der Waals surface area contributed by atoms with Crippen molar-refractivity contribution in [2.45, 2.75) is 33.6 Å². The average Bonchev–Trinajstić information content (AvgIpc) is 2.81. The molecule has 0 bridgehead atoms. The molecule has 3 rings (SSSR count). The predicted molar refractivity (Wildman–Crippen MR) is 103 cm³/mol. The molecule has 1 saturated heterocycles. The van der Waals surface area contributed by atoms with E-state index in [2.05, 4.69) is 34.9 Å². The average molecular weight is 355 g/mol. The second-order valence-corrected chi connectivity index (χ2v) is 7.53. The van der Waals surface area contributed by atoms with Crippen LogP contribution in [0.3, 0.4) is 0 Å². The lowest BCUT2D eigenvalue weighted by Crippen LogP contribution is -2.36. The third-order valence-electron chi connectivity index (χ3n) is 4.80. The summed E-state index contributed by atoms with van der Waals surface area (Å²) >= 11 is 0. The van der Waals surface area contributed by atoms with Crippen LogP contribution in [0.25, 0.3) is 0 Å². The maximum atomic E-state index is 13.0. The summed E-state index contributed by atoms with van der Waals surface area (Å²) in [6, 6.07) is 6.11. The first-order valence-corrected chi connectivity index (χ1v) is 9.44. The zero-order chi connectivity index (χ0) is 18.7. The highest BCUT2D eigenvalue weighted by Crippen LogP contribution is 2.18. The molecule has 1 aliphatic rings. The first kappa shape index (κ1) is 18.4. The quantitative estimate of drug-likeness (QED) is 0.846. The first-order valence-electron chi connectivity index (χ1n) is 9.44. The molecule has 0 N–H and O–H groups in total. The third kappa shape index (κ3) is 4.23. The molecule has 1 amide bonds. The van der Waals surface area contributed by atoms with Crippen molar-refractivity contribution in [3.63, 3.8) is 0 Å². The van der Waals surface area contributed by atoms with Crippen LogP contribution in [-0.2, 0) is 13.5 Å². The standard InChI is InChI=1S/C20H29N5O/c1-15(2)12-17-14-19(23(4)22-17)20(26)25-9-5-8-24(10-11-25)18-6-7-21-16(3)13-18/h6-7,13-15H,5,8-12H2,1-4H3. The molecule has 0 spiro atoms. The normalized spacial score (nSPS) is 15.4. The Bertz CT molecular complexity index is 767. The molecule has 0 aliphatic carbocycles. The highest BCUT2D eigenvalue weighted by molar-refractivity contribution is 5.92. The Morgan fingerprint density at radius 3 is 2.73 bits per heavy atom. The zero-order valence-electron chi connectivity index (χ0n) is 16.3. The minimum atomic E-state index is 0.0859. The van der Waals surface area contributed by atoms with Crippen LogP contribution in [0.15, 0.2) is 24.4 Å². The Morgan fingerprint density at radius 2 is 2.00 bits per heavy atom. The minimum absolute atomic E-state index is 0.0859. The first-order chi connectivity index (χ1) is 12.4. The number of aryl methyl sites for hydroxylation is 2. The van der Waals surface area contributed by atoms with Crippen LogP contribution in [0.5, 0.6) is 0 Å². The molecule has 2 aromatic heterocycles. The van der Waals surface area contributed by atoms with E-state index in [4.69, 9.17) is 0 Å². The monoisotopic (exact) mass is 355 g/mol. The van der Waals surface area contributed by atoms with E-state index in [0.29, 0.717) is 11.6 Å². The highest BCUT2D eigenvalue weighted by atomic mass is 16.2. The molecular formula is C20H29N5O.